The number of carbonyl (C=O) groups excluding carboxylic acids is 1. The first-order valence-corrected chi connectivity index (χ1v) is 9.92. The number of aliphatic hydroxyl groups excluding tert-OH is 1. The van der Waals surface area contributed by atoms with E-state index in [1.165, 1.54) is 12.4 Å². The van der Waals surface area contributed by atoms with Crippen molar-refractivity contribution in [2.75, 3.05) is 37.7 Å². The van der Waals surface area contributed by atoms with E-state index in [0.29, 0.717) is 43.3 Å². The molecule has 0 atom stereocenters. The van der Waals surface area contributed by atoms with Crippen LogP contribution < -0.4 is 9.64 Å². The molecule has 1 aliphatic carbocycles. The van der Waals surface area contributed by atoms with Crippen molar-refractivity contribution >= 4 is 17.4 Å². The van der Waals surface area contributed by atoms with Crippen molar-refractivity contribution in [3.05, 3.63) is 47.7 Å². The minimum atomic E-state index is -0.489. The van der Waals surface area contributed by atoms with Gasteiger partial charge in [-0.1, -0.05) is 0 Å². The molecule has 2 N–H and O–H groups in total. The van der Waals surface area contributed by atoms with Gasteiger partial charge in [-0.05, 0) is 38.0 Å². The van der Waals surface area contributed by atoms with Crippen LogP contribution in [0.1, 0.15) is 31.0 Å². The standard InChI is InChI=1S/C21H24FN5O3/c1-21(4-5-21)30-17-10-14(2-3-15(17)22)20(23)16-11-18(25-13-24-16)26-6-8-27(9-7-26)19(29)12-28/h2-3,10-11,13,23,28H,4-9,12H2,1H3. The Balaban J connectivity index is 1.49. The van der Waals surface area contributed by atoms with Gasteiger partial charge in [0, 0.05) is 37.8 Å². The summed E-state index contributed by atoms with van der Waals surface area (Å²) in [5.74, 6) is 0.0775. The summed E-state index contributed by atoms with van der Waals surface area (Å²) in [4.78, 5) is 23.7. The van der Waals surface area contributed by atoms with Gasteiger partial charge in [0.1, 0.15) is 24.4 Å². The van der Waals surface area contributed by atoms with Gasteiger partial charge in [-0.2, -0.15) is 0 Å². The second kappa shape index (κ2) is 7.98. The van der Waals surface area contributed by atoms with Crippen molar-refractivity contribution in [3.8, 4) is 5.75 Å². The highest BCUT2D eigenvalue weighted by Crippen LogP contribution is 2.40. The van der Waals surface area contributed by atoms with Crippen LogP contribution in [0.3, 0.4) is 0 Å². The highest BCUT2D eigenvalue weighted by atomic mass is 19.1. The lowest BCUT2D eigenvalue weighted by atomic mass is 10.1. The number of carbonyl (C=O) groups is 1. The molecule has 9 heteroatoms. The van der Waals surface area contributed by atoms with Gasteiger partial charge in [0.25, 0.3) is 0 Å². The smallest absolute Gasteiger partial charge is 0.248 e. The lowest BCUT2D eigenvalue weighted by Gasteiger charge is -2.35. The predicted molar refractivity (Wildman–Crippen MR) is 109 cm³/mol. The Bertz CT molecular complexity index is 971. The Labute approximate surface area is 173 Å². The Hall–Kier alpha value is -3.07. The molecule has 1 aromatic heterocycles. The van der Waals surface area contributed by atoms with E-state index in [4.69, 9.17) is 15.3 Å². The van der Waals surface area contributed by atoms with E-state index in [1.54, 1.807) is 23.1 Å². The van der Waals surface area contributed by atoms with Crippen molar-refractivity contribution in [1.82, 2.24) is 14.9 Å². The molecule has 158 valence electrons. The molecular weight excluding hydrogens is 389 g/mol. The van der Waals surface area contributed by atoms with Crippen LogP contribution in [0.15, 0.2) is 30.6 Å². The normalized spacial score (nSPS) is 17.6. The van der Waals surface area contributed by atoms with Crippen LogP contribution in [0.4, 0.5) is 10.2 Å². The van der Waals surface area contributed by atoms with Crippen molar-refractivity contribution in [1.29, 1.82) is 5.41 Å². The number of anilines is 1. The zero-order valence-corrected chi connectivity index (χ0v) is 16.8. The van der Waals surface area contributed by atoms with E-state index in [1.807, 2.05) is 11.8 Å². The second-order valence-electron chi connectivity index (χ2n) is 7.86. The topological polar surface area (TPSA) is 103 Å². The molecule has 1 amide bonds. The van der Waals surface area contributed by atoms with Crippen LogP contribution in [0.2, 0.25) is 0 Å². The molecular formula is C21H24FN5O3. The Kier molecular flexibility index (Phi) is 5.38. The number of ether oxygens (including phenoxy) is 1. The van der Waals surface area contributed by atoms with E-state index in [-0.39, 0.29) is 23.0 Å². The zero-order valence-electron chi connectivity index (χ0n) is 16.8. The summed E-state index contributed by atoms with van der Waals surface area (Å²) in [6.45, 7) is 3.58. The average molecular weight is 413 g/mol. The van der Waals surface area contributed by atoms with Gasteiger partial charge in [0.2, 0.25) is 5.91 Å². The first-order valence-electron chi connectivity index (χ1n) is 9.92. The van der Waals surface area contributed by atoms with Gasteiger partial charge >= 0.3 is 0 Å². The number of hydrogen-bond acceptors (Lipinski definition) is 7. The first kappa shape index (κ1) is 20.2. The van der Waals surface area contributed by atoms with E-state index in [2.05, 4.69) is 9.97 Å². The maximum Gasteiger partial charge on any atom is 0.248 e. The molecule has 0 unspecified atom stereocenters. The minimum Gasteiger partial charge on any atom is -0.484 e. The number of nitrogens with zero attached hydrogens (tertiary/aromatic N) is 4. The van der Waals surface area contributed by atoms with Gasteiger partial charge < -0.3 is 19.6 Å². The number of hydrogen-bond donors (Lipinski definition) is 2. The van der Waals surface area contributed by atoms with Crippen molar-refractivity contribution in [2.45, 2.75) is 25.4 Å². The number of benzene rings is 1. The van der Waals surface area contributed by atoms with Crippen LogP contribution in [-0.2, 0) is 4.79 Å². The third kappa shape index (κ3) is 4.25. The summed E-state index contributed by atoms with van der Waals surface area (Å²) in [6.07, 6.45) is 3.18. The molecule has 1 saturated carbocycles. The average Bonchev–Trinajstić information content (AvgIpc) is 3.51. The third-order valence-corrected chi connectivity index (χ3v) is 5.53. The number of aromatic nitrogens is 2. The summed E-state index contributed by atoms with van der Waals surface area (Å²) in [5.41, 5.74) is 0.768. The first-order chi connectivity index (χ1) is 14.4. The fourth-order valence-corrected chi connectivity index (χ4v) is 3.37. The van der Waals surface area contributed by atoms with Gasteiger partial charge in [-0.3, -0.25) is 10.2 Å². The molecule has 1 aromatic carbocycles. The maximum atomic E-state index is 14.1. The van der Waals surface area contributed by atoms with Gasteiger partial charge in [-0.15, -0.1) is 0 Å². The number of nitrogens with one attached hydrogen (secondary N) is 1. The lowest BCUT2D eigenvalue weighted by molar-refractivity contribution is -0.134. The van der Waals surface area contributed by atoms with Gasteiger partial charge in [0.05, 0.1) is 11.4 Å². The molecule has 30 heavy (non-hydrogen) atoms. The van der Waals surface area contributed by atoms with Crippen LogP contribution in [0, 0.1) is 11.2 Å². The summed E-state index contributed by atoms with van der Waals surface area (Å²) in [7, 11) is 0. The van der Waals surface area contributed by atoms with Crippen LogP contribution in [0.25, 0.3) is 0 Å². The Morgan fingerprint density at radius 1 is 1.23 bits per heavy atom. The quantitative estimate of drug-likeness (QED) is 0.698. The van der Waals surface area contributed by atoms with E-state index in [0.717, 1.165) is 12.8 Å². The summed E-state index contributed by atoms with van der Waals surface area (Å²) in [6, 6.07) is 6.12. The molecule has 0 bridgehead atoms. The van der Waals surface area contributed by atoms with Crippen molar-refractivity contribution in [3.63, 3.8) is 0 Å². The summed E-state index contributed by atoms with van der Waals surface area (Å²) >= 11 is 0. The van der Waals surface area contributed by atoms with E-state index >= 15 is 0 Å². The molecule has 1 aliphatic heterocycles. The molecule has 2 heterocycles. The second-order valence-corrected chi connectivity index (χ2v) is 7.86. The highest BCUT2D eigenvalue weighted by molar-refractivity contribution is 6.10. The Morgan fingerprint density at radius 3 is 2.63 bits per heavy atom. The summed E-state index contributed by atoms with van der Waals surface area (Å²) in [5, 5.41) is 17.5. The number of piperazine rings is 1. The monoisotopic (exact) mass is 413 g/mol. The molecule has 0 spiro atoms. The zero-order chi connectivity index (χ0) is 21.3. The summed E-state index contributed by atoms with van der Waals surface area (Å²) < 4.78 is 19.9. The molecule has 2 aliphatic rings. The van der Waals surface area contributed by atoms with Crippen LogP contribution in [0.5, 0.6) is 5.75 Å². The van der Waals surface area contributed by atoms with Crippen LogP contribution in [-0.4, -0.2) is 70.0 Å². The molecule has 4 rings (SSSR count). The SMILES string of the molecule is CC1(Oc2cc(C(=N)c3cc(N4CCN(C(=O)CO)CC4)ncn3)ccc2F)CC1. The largest absolute Gasteiger partial charge is 0.484 e. The Morgan fingerprint density at radius 2 is 1.97 bits per heavy atom. The van der Waals surface area contributed by atoms with Gasteiger partial charge in [0.15, 0.2) is 11.6 Å². The number of halogens is 1. The third-order valence-electron chi connectivity index (χ3n) is 5.53. The van der Waals surface area contributed by atoms with Gasteiger partial charge in [-0.25, -0.2) is 14.4 Å². The number of rotatable bonds is 6. The van der Waals surface area contributed by atoms with Crippen molar-refractivity contribution < 1.29 is 19.0 Å². The molecule has 8 nitrogen and oxygen atoms in total. The molecule has 2 fully saturated rings. The molecule has 2 aromatic rings. The molecule has 0 radical (unpaired) electrons. The van der Waals surface area contributed by atoms with E-state index < -0.39 is 12.4 Å². The van der Waals surface area contributed by atoms with E-state index in [9.17, 15) is 9.18 Å². The number of amides is 1. The predicted octanol–water partition coefficient (Wildman–Crippen LogP) is 1.60. The fraction of sp³-hybridized carbons (Fsp3) is 0.429. The minimum absolute atomic E-state index is 0.149. The fourth-order valence-electron chi connectivity index (χ4n) is 3.37. The highest BCUT2D eigenvalue weighted by Gasteiger charge is 2.40. The number of aliphatic hydroxyl groups is 1. The van der Waals surface area contributed by atoms with Crippen LogP contribution >= 0.6 is 0 Å². The lowest BCUT2D eigenvalue weighted by Crippen LogP contribution is -2.49. The maximum absolute atomic E-state index is 14.1. The van der Waals surface area contributed by atoms with Crippen molar-refractivity contribution in [2.24, 2.45) is 0 Å². The molecule has 1 saturated heterocycles.